The van der Waals surface area contributed by atoms with Crippen LogP contribution in [0.2, 0.25) is 0 Å². The number of carbonyl (C=O) groups excluding carboxylic acids is 1. The number of hydrogen-bond donors (Lipinski definition) is 1. The normalized spacial score (nSPS) is 10.9. The van der Waals surface area contributed by atoms with E-state index in [0.717, 1.165) is 28.4 Å². The molecule has 5 nitrogen and oxygen atoms in total. The van der Waals surface area contributed by atoms with Crippen LogP contribution in [0.5, 0.6) is 0 Å². The molecule has 1 amide bonds. The maximum atomic E-state index is 12.3. The lowest BCUT2D eigenvalue weighted by Gasteiger charge is -2.15. The van der Waals surface area contributed by atoms with Gasteiger partial charge in [0.05, 0.1) is 17.6 Å². The molecule has 0 unspecified atom stereocenters. The molecular formula is C21H24N4OS. The molecule has 140 valence electrons. The summed E-state index contributed by atoms with van der Waals surface area (Å²) in [4.78, 5) is 15.5. The largest absolute Gasteiger partial charge is 0.325 e. The van der Waals surface area contributed by atoms with Gasteiger partial charge in [-0.2, -0.15) is 5.10 Å². The summed E-state index contributed by atoms with van der Waals surface area (Å²) in [6.45, 7) is 1.44. The lowest BCUT2D eigenvalue weighted by atomic mass is 10.3. The number of hydrogen-bond acceptors (Lipinski definition) is 4. The van der Waals surface area contributed by atoms with Crippen molar-refractivity contribution in [2.24, 2.45) is 0 Å². The smallest absolute Gasteiger partial charge is 0.225 e. The summed E-state index contributed by atoms with van der Waals surface area (Å²) in [7, 11) is 2.02. The Morgan fingerprint density at radius 3 is 2.67 bits per heavy atom. The van der Waals surface area contributed by atoms with Crippen LogP contribution in [-0.2, 0) is 11.3 Å². The molecule has 1 aromatic heterocycles. The quantitative estimate of drug-likeness (QED) is 0.599. The predicted molar refractivity (Wildman–Crippen MR) is 111 cm³/mol. The highest BCUT2D eigenvalue weighted by Crippen LogP contribution is 2.24. The fourth-order valence-corrected chi connectivity index (χ4v) is 3.36. The molecule has 3 rings (SSSR count). The van der Waals surface area contributed by atoms with Crippen LogP contribution in [0.4, 0.5) is 5.69 Å². The van der Waals surface area contributed by atoms with Crippen molar-refractivity contribution >= 4 is 23.4 Å². The highest BCUT2D eigenvalue weighted by atomic mass is 32.2. The second-order valence-corrected chi connectivity index (χ2v) is 7.21. The van der Waals surface area contributed by atoms with Crippen LogP contribution in [0.25, 0.3) is 5.69 Å². The Bertz CT molecular complexity index is 879. The van der Waals surface area contributed by atoms with Crippen LogP contribution in [0, 0.1) is 0 Å². The van der Waals surface area contributed by atoms with E-state index < -0.39 is 0 Å². The highest BCUT2D eigenvalue weighted by molar-refractivity contribution is 7.98. The average Bonchev–Trinajstić information content (AvgIpc) is 3.16. The number of benzene rings is 2. The second-order valence-electron chi connectivity index (χ2n) is 6.36. The van der Waals surface area contributed by atoms with E-state index >= 15 is 0 Å². The van der Waals surface area contributed by atoms with Gasteiger partial charge in [-0.3, -0.25) is 4.79 Å². The summed E-state index contributed by atoms with van der Waals surface area (Å²) in [5.41, 5.74) is 3.04. The van der Waals surface area contributed by atoms with Crippen molar-refractivity contribution in [3.05, 3.63) is 72.6 Å². The molecule has 1 heterocycles. The lowest BCUT2D eigenvalue weighted by molar-refractivity contribution is -0.116. The minimum atomic E-state index is 0.0309. The van der Waals surface area contributed by atoms with E-state index in [9.17, 15) is 4.79 Å². The zero-order valence-corrected chi connectivity index (χ0v) is 16.4. The Balaban J connectivity index is 1.49. The van der Waals surface area contributed by atoms with Crippen molar-refractivity contribution in [1.82, 2.24) is 14.7 Å². The van der Waals surface area contributed by atoms with E-state index in [2.05, 4.69) is 15.3 Å². The van der Waals surface area contributed by atoms with E-state index in [-0.39, 0.29) is 5.91 Å². The standard InChI is InChI=1S/C21H24N4OS/c1-24(13-12-21(26)23-19-10-6-7-11-20(19)27-2)15-17-14-22-25(16-17)18-8-4-3-5-9-18/h3-11,14,16H,12-13,15H2,1-2H3,(H,23,26). The molecule has 0 aliphatic carbocycles. The van der Waals surface area contributed by atoms with Crippen LogP contribution in [0.3, 0.4) is 0 Å². The molecular weight excluding hydrogens is 356 g/mol. The van der Waals surface area contributed by atoms with Crippen molar-refractivity contribution in [2.75, 3.05) is 25.2 Å². The average molecular weight is 381 g/mol. The van der Waals surface area contributed by atoms with Gasteiger partial charge in [0, 0.05) is 36.2 Å². The Kier molecular flexibility index (Phi) is 6.68. The van der Waals surface area contributed by atoms with E-state index in [1.807, 2.05) is 85.0 Å². The molecule has 0 bridgehead atoms. The van der Waals surface area contributed by atoms with E-state index in [1.165, 1.54) is 0 Å². The number of carbonyl (C=O) groups is 1. The van der Waals surface area contributed by atoms with Gasteiger partial charge >= 0.3 is 0 Å². The molecule has 0 spiro atoms. The number of nitrogens with one attached hydrogen (secondary N) is 1. The first-order chi connectivity index (χ1) is 13.2. The van der Waals surface area contributed by atoms with Crippen molar-refractivity contribution < 1.29 is 4.79 Å². The number of rotatable bonds is 8. The summed E-state index contributed by atoms with van der Waals surface area (Å²) in [6, 6.07) is 17.9. The van der Waals surface area contributed by atoms with E-state index in [1.54, 1.807) is 11.8 Å². The highest BCUT2D eigenvalue weighted by Gasteiger charge is 2.09. The van der Waals surface area contributed by atoms with Crippen molar-refractivity contribution in [3.8, 4) is 5.69 Å². The summed E-state index contributed by atoms with van der Waals surface area (Å²) in [5, 5.41) is 7.42. The van der Waals surface area contributed by atoms with Crippen LogP contribution in [0.1, 0.15) is 12.0 Å². The van der Waals surface area contributed by atoms with Gasteiger partial charge in [-0.15, -0.1) is 11.8 Å². The number of thioether (sulfide) groups is 1. The molecule has 0 radical (unpaired) electrons. The molecule has 3 aromatic rings. The van der Waals surface area contributed by atoms with Gasteiger partial charge in [0.2, 0.25) is 5.91 Å². The third-order valence-corrected chi connectivity index (χ3v) is 5.01. The van der Waals surface area contributed by atoms with Gasteiger partial charge in [-0.1, -0.05) is 30.3 Å². The number of anilines is 1. The van der Waals surface area contributed by atoms with Crippen molar-refractivity contribution in [3.63, 3.8) is 0 Å². The molecule has 6 heteroatoms. The number of aromatic nitrogens is 2. The summed E-state index contributed by atoms with van der Waals surface area (Å²) in [6.07, 6.45) is 6.36. The molecule has 27 heavy (non-hydrogen) atoms. The molecule has 0 aliphatic heterocycles. The zero-order valence-electron chi connectivity index (χ0n) is 15.6. The van der Waals surface area contributed by atoms with Crippen LogP contribution in [-0.4, -0.2) is 40.4 Å². The lowest BCUT2D eigenvalue weighted by Crippen LogP contribution is -2.24. The van der Waals surface area contributed by atoms with Gasteiger partial charge in [-0.25, -0.2) is 4.68 Å². The predicted octanol–water partition coefficient (Wildman–Crippen LogP) is 4.05. The van der Waals surface area contributed by atoms with Crippen LogP contribution >= 0.6 is 11.8 Å². The van der Waals surface area contributed by atoms with Gasteiger partial charge in [0.15, 0.2) is 0 Å². The van der Waals surface area contributed by atoms with Gasteiger partial charge in [0.25, 0.3) is 0 Å². The van der Waals surface area contributed by atoms with Gasteiger partial charge in [-0.05, 0) is 37.6 Å². The molecule has 0 fully saturated rings. The topological polar surface area (TPSA) is 50.2 Å². The fourth-order valence-electron chi connectivity index (χ4n) is 2.81. The first-order valence-corrected chi connectivity index (χ1v) is 10.1. The van der Waals surface area contributed by atoms with E-state index in [0.29, 0.717) is 13.0 Å². The maximum Gasteiger partial charge on any atom is 0.225 e. The summed E-state index contributed by atoms with van der Waals surface area (Å²) >= 11 is 1.63. The van der Waals surface area contributed by atoms with Gasteiger partial charge in [0.1, 0.15) is 0 Å². The summed E-state index contributed by atoms with van der Waals surface area (Å²) in [5.74, 6) is 0.0309. The number of para-hydroxylation sites is 2. The molecule has 1 N–H and O–H groups in total. The van der Waals surface area contributed by atoms with Crippen LogP contribution < -0.4 is 5.32 Å². The van der Waals surface area contributed by atoms with Crippen molar-refractivity contribution in [2.45, 2.75) is 17.9 Å². The Hall–Kier alpha value is -2.57. The molecule has 0 atom stereocenters. The Labute approximate surface area is 164 Å². The minimum Gasteiger partial charge on any atom is -0.325 e. The SMILES string of the molecule is CSc1ccccc1NC(=O)CCN(C)Cc1cnn(-c2ccccc2)c1. The minimum absolute atomic E-state index is 0.0309. The Morgan fingerprint density at radius 2 is 1.89 bits per heavy atom. The van der Waals surface area contributed by atoms with E-state index in [4.69, 9.17) is 0 Å². The summed E-state index contributed by atoms with van der Waals surface area (Å²) < 4.78 is 1.87. The first-order valence-electron chi connectivity index (χ1n) is 8.86. The molecule has 2 aromatic carbocycles. The fraction of sp³-hybridized carbons (Fsp3) is 0.238. The number of nitrogens with zero attached hydrogens (tertiary/aromatic N) is 3. The molecule has 0 saturated carbocycles. The van der Waals surface area contributed by atoms with Gasteiger partial charge < -0.3 is 10.2 Å². The third-order valence-electron chi connectivity index (χ3n) is 4.21. The van der Waals surface area contributed by atoms with Crippen LogP contribution in [0.15, 0.2) is 71.9 Å². The maximum absolute atomic E-state index is 12.3. The third kappa shape index (κ3) is 5.45. The second kappa shape index (κ2) is 9.39. The first kappa shape index (κ1) is 19.2. The zero-order chi connectivity index (χ0) is 19.1. The Morgan fingerprint density at radius 1 is 1.15 bits per heavy atom. The molecule has 0 saturated heterocycles. The van der Waals surface area contributed by atoms with Crippen molar-refractivity contribution in [1.29, 1.82) is 0 Å². The monoisotopic (exact) mass is 380 g/mol. The molecule has 0 aliphatic rings. The number of amides is 1.